The van der Waals surface area contributed by atoms with Crippen molar-refractivity contribution in [2.24, 2.45) is 5.92 Å². The van der Waals surface area contributed by atoms with Gasteiger partial charge in [0.25, 0.3) is 0 Å². The van der Waals surface area contributed by atoms with Crippen LogP contribution in [0.4, 0.5) is 4.39 Å². The summed E-state index contributed by atoms with van der Waals surface area (Å²) >= 11 is 0. The second kappa shape index (κ2) is 4.38. The number of ether oxygens (including phenoxy) is 1. The number of hydrogen-bond acceptors (Lipinski definition) is 2. The Bertz CT molecular complexity index is 153. The maximum atomic E-state index is 13.9. The van der Waals surface area contributed by atoms with Gasteiger partial charge in [-0.1, -0.05) is 13.8 Å². The molecule has 1 aliphatic heterocycles. The molecule has 2 unspecified atom stereocenters. The molecule has 0 aliphatic carbocycles. The van der Waals surface area contributed by atoms with Gasteiger partial charge in [-0.2, -0.15) is 0 Å². The van der Waals surface area contributed by atoms with Crippen LogP contribution in [0.2, 0.25) is 0 Å². The zero-order chi connectivity index (χ0) is 9.90. The molecule has 0 aromatic carbocycles. The van der Waals surface area contributed by atoms with Gasteiger partial charge in [0.05, 0.1) is 13.2 Å². The van der Waals surface area contributed by atoms with Gasteiger partial charge < -0.3 is 10.1 Å². The van der Waals surface area contributed by atoms with E-state index in [0.717, 1.165) is 13.2 Å². The maximum absolute atomic E-state index is 13.9. The maximum Gasteiger partial charge on any atom is 0.112 e. The van der Waals surface area contributed by atoms with Crippen LogP contribution in [0.25, 0.3) is 0 Å². The lowest BCUT2D eigenvalue weighted by Crippen LogP contribution is -2.46. The van der Waals surface area contributed by atoms with Gasteiger partial charge in [0.15, 0.2) is 0 Å². The highest BCUT2D eigenvalue weighted by atomic mass is 19.1. The topological polar surface area (TPSA) is 21.3 Å². The lowest BCUT2D eigenvalue weighted by atomic mass is 9.88. The Labute approximate surface area is 79.8 Å². The van der Waals surface area contributed by atoms with E-state index in [9.17, 15) is 4.39 Å². The summed E-state index contributed by atoms with van der Waals surface area (Å²) in [4.78, 5) is 0. The molecule has 1 aliphatic rings. The Morgan fingerprint density at radius 3 is 2.77 bits per heavy atom. The minimum atomic E-state index is -1.08. The standard InChI is InChI=1S/C10H20FNO/c1-8(2)10(3,11)6-9-7-13-5-4-12-9/h8-9,12H,4-7H2,1-3H3. The Morgan fingerprint density at radius 2 is 2.31 bits per heavy atom. The summed E-state index contributed by atoms with van der Waals surface area (Å²) in [7, 11) is 0. The van der Waals surface area contributed by atoms with Crippen LogP contribution in [0.1, 0.15) is 27.2 Å². The van der Waals surface area contributed by atoms with Crippen molar-refractivity contribution in [3.63, 3.8) is 0 Å². The van der Waals surface area contributed by atoms with E-state index in [1.54, 1.807) is 6.92 Å². The fourth-order valence-electron chi connectivity index (χ4n) is 1.47. The summed E-state index contributed by atoms with van der Waals surface area (Å²) in [5.74, 6) is 0.0660. The predicted octanol–water partition coefficient (Wildman–Crippen LogP) is 1.75. The molecule has 3 heteroatoms. The van der Waals surface area contributed by atoms with Crippen LogP contribution in [0.5, 0.6) is 0 Å². The molecular weight excluding hydrogens is 169 g/mol. The van der Waals surface area contributed by atoms with E-state index >= 15 is 0 Å². The van der Waals surface area contributed by atoms with Gasteiger partial charge in [0, 0.05) is 12.6 Å². The van der Waals surface area contributed by atoms with Crippen LogP contribution < -0.4 is 5.32 Å². The third kappa shape index (κ3) is 3.24. The van der Waals surface area contributed by atoms with Gasteiger partial charge in [-0.3, -0.25) is 0 Å². The minimum absolute atomic E-state index is 0.0660. The number of morpholine rings is 1. The van der Waals surface area contributed by atoms with E-state index in [4.69, 9.17) is 4.74 Å². The first-order valence-electron chi connectivity index (χ1n) is 5.02. The van der Waals surface area contributed by atoms with Crippen molar-refractivity contribution in [2.75, 3.05) is 19.8 Å². The normalized spacial score (nSPS) is 28.8. The average Bonchev–Trinajstić information content (AvgIpc) is 2.05. The van der Waals surface area contributed by atoms with Crippen molar-refractivity contribution in [2.45, 2.75) is 38.9 Å². The summed E-state index contributed by atoms with van der Waals surface area (Å²) < 4.78 is 19.2. The predicted molar refractivity (Wildman–Crippen MR) is 51.6 cm³/mol. The molecule has 78 valence electrons. The van der Waals surface area contributed by atoms with Crippen LogP contribution >= 0.6 is 0 Å². The number of alkyl halides is 1. The number of nitrogens with one attached hydrogen (secondary N) is 1. The second-order valence-electron chi connectivity index (χ2n) is 4.36. The number of hydrogen-bond donors (Lipinski definition) is 1. The third-order valence-corrected chi connectivity index (χ3v) is 2.85. The van der Waals surface area contributed by atoms with Gasteiger partial charge >= 0.3 is 0 Å². The second-order valence-corrected chi connectivity index (χ2v) is 4.36. The molecular formula is C10H20FNO. The highest BCUT2D eigenvalue weighted by Crippen LogP contribution is 2.27. The largest absolute Gasteiger partial charge is 0.379 e. The van der Waals surface area contributed by atoms with Crippen molar-refractivity contribution >= 4 is 0 Å². The van der Waals surface area contributed by atoms with E-state index in [-0.39, 0.29) is 12.0 Å². The smallest absolute Gasteiger partial charge is 0.112 e. The molecule has 1 fully saturated rings. The molecule has 0 radical (unpaired) electrons. The molecule has 13 heavy (non-hydrogen) atoms. The van der Waals surface area contributed by atoms with Crippen molar-refractivity contribution in [1.82, 2.24) is 5.32 Å². The van der Waals surface area contributed by atoms with Crippen molar-refractivity contribution in [3.8, 4) is 0 Å². The molecule has 0 amide bonds. The summed E-state index contributed by atoms with van der Waals surface area (Å²) in [6, 6.07) is 0.186. The van der Waals surface area contributed by atoms with E-state index in [2.05, 4.69) is 5.32 Å². The Balaban J connectivity index is 2.37. The van der Waals surface area contributed by atoms with Crippen LogP contribution in [0.15, 0.2) is 0 Å². The zero-order valence-electron chi connectivity index (χ0n) is 8.77. The van der Waals surface area contributed by atoms with E-state index < -0.39 is 5.67 Å². The highest BCUT2D eigenvalue weighted by molar-refractivity contribution is 4.84. The molecule has 1 heterocycles. The van der Waals surface area contributed by atoms with Gasteiger partial charge in [-0.25, -0.2) is 4.39 Å². The van der Waals surface area contributed by atoms with Crippen LogP contribution in [-0.4, -0.2) is 31.5 Å². The fourth-order valence-corrected chi connectivity index (χ4v) is 1.47. The van der Waals surface area contributed by atoms with E-state index in [0.29, 0.717) is 13.0 Å². The fraction of sp³-hybridized carbons (Fsp3) is 1.00. The molecule has 2 nitrogen and oxygen atoms in total. The summed E-state index contributed by atoms with van der Waals surface area (Å²) in [5.41, 5.74) is -1.08. The molecule has 1 saturated heterocycles. The molecule has 1 rings (SSSR count). The van der Waals surface area contributed by atoms with Crippen molar-refractivity contribution in [3.05, 3.63) is 0 Å². The Hall–Kier alpha value is -0.150. The molecule has 0 saturated carbocycles. The first kappa shape index (κ1) is 10.9. The van der Waals surface area contributed by atoms with Crippen LogP contribution in [-0.2, 0) is 4.74 Å². The first-order chi connectivity index (χ1) is 6.02. The molecule has 0 aromatic heterocycles. The molecule has 0 spiro atoms. The van der Waals surface area contributed by atoms with Gasteiger partial charge in [-0.15, -0.1) is 0 Å². The SMILES string of the molecule is CC(C)C(C)(F)CC1COCCN1. The van der Waals surface area contributed by atoms with Gasteiger partial charge in [0.1, 0.15) is 5.67 Å². The highest BCUT2D eigenvalue weighted by Gasteiger charge is 2.31. The minimum Gasteiger partial charge on any atom is -0.379 e. The monoisotopic (exact) mass is 189 g/mol. The van der Waals surface area contributed by atoms with Crippen molar-refractivity contribution < 1.29 is 9.13 Å². The van der Waals surface area contributed by atoms with Gasteiger partial charge in [-0.05, 0) is 19.3 Å². The number of rotatable bonds is 3. The quantitative estimate of drug-likeness (QED) is 0.730. The van der Waals surface area contributed by atoms with Crippen LogP contribution in [0, 0.1) is 5.92 Å². The lowest BCUT2D eigenvalue weighted by molar-refractivity contribution is 0.0328. The molecule has 0 bridgehead atoms. The molecule has 2 atom stereocenters. The van der Waals surface area contributed by atoms with E-state index in [1.165, 1.54) is 0 Å². The van der Waals surface area contributed by atoms with Gasteiger partial charge in [0.2, 0.25) is 0 Å². The summed E-state index contributed by atoms with van der Waals surface area (Å²) in [6.07, 6.45) is 0.546. The van der Waals surface area contributed by atoms with Crippen LogP contribution in [0.3, 0.4) is 0 Å². The van der Waals surface area contributed by atoms with E-state index in [1.807, 2.05) is 13.8 Å². The average molecular weight is 189 g/mol. The Morgan fingerprint density at radius 1 is 1.62 bits per heavy atom. The Kier molecular flexibility index (Phi) is 3.68. The molecule has 0 aromatic rings. The third-order valence-electron chi connectivity index (χ3n) is 2.85. The first-order valence-corrected chi connectivity index (χ1v) is 5.02. The number of halogens is 1. The van der Waals surface area contributed by atoms with Crippen molar-refractivity contribution in [1.29, 1.82) is 0 Å². The zero-order valence-corrected chi connectivity index (χ0v) is 8.77. The summed E-state index contributed by atoms with van der Waals surface area (Å²) in [6.45, 7) is 7.76. The lowest BCUT2D eigenvalue weighted by Gasteiger charge is -2.32. The summed E-state index contributed by atoms with van der Waals surface area (Å²) in [5, 5.41) is 3.27. The molecule has 1 N–H and O–H groups in total.